The highest BCUT2D eigenvalue weighted by molar-refractivity contribution is 6.02. The highest BCUT2D eigenvalue weighted by Gasteiger charge is 2.30. The van der Waals surface area contributed by atoms with Crippen LogP contribution in [0.15, 0.2) is 48.8 Å². The number of carbonyl (C=O) groups excluding carboxylic acids is 2. The zero-order chi connectivity index (χ0) is 19.8. The van der Waals surface area contributed by atoms with Crippen LogP contribution in [0.25, 0.3) is 5.52 Å². The molecule has 0 radical (unpaired) electrons. The summed E-state index contributed by atoms with van der Waals surface area (Å²) in [5.41, 5.74) is 0.967. The van der Waals surface area contributed by atoms with Crippen molar-refractivity contribution in [3.8, 4) is 0 Å². The topological polar surface area (TPSA) is 82.8 Å². The Morgan fingerprint density at radius 2 is 1.79 bits per heavy atom. The zero-order valence-electron chi connectivity index (χ0n) is 16.0. The number of hydrogen-bond donors (Lipinski definition) is 1. The summed E-state index contributed by atoms with van der Waals surface area (Å²) < 4.78 is 1.72. The van der Waals surface area contributed by atoms with Crippen molar-refractivity contribution < 1.29 is 9.59 Å². The lowest BCUT2D eigenvalue weighted by Crippen LogP contribution is -2.49. The van der Waals surface area contributed by atoms with Gasteiger partial charge in [0, 0.05) is 44.6 Å². The van der Waals surface area contributed by atoms with E-state index in [4.69, 9.17) is 0 Å². The normalized spacial score (nSPS) is 16.8. The number of anilines is 1. The molecule has 0 bridgehead atoms. The Bertz CT molecular complexity index is 1050. The number of piperazine rings is 1. The van der Waals surface area contributed by atoms with E-state index in [0.29, 0.717) is 37.4 Å². The van der Waals surface area contributed by atoms with E-state index >= 15 is 0 Å². The summed E-state index contributed by atoms with van der Waals surface area (Å²) in [5, 5.41) is 2.96. The van der Waals surface area contributed by atoms with E-state index in [1.165, 1.54) is 0 Å². The summed E-state index contributed by atoms with van der Waals surface area (Å²) in [4.78, 5) is 38.6. The van der Waals surface area contributed by atoms with Crippen LogP contribution >= 0.6 is 0 Å². The van der Waals surface area contributed by atoms with Crippen LogP contribution in [-0.4, -0.2) is 63.3 Å². The molecule has 8 heteroatoms. The van der Waals surface area contributed by atoms with Crippen LogP contribution in [-0.2, 0) is 0 Å². The largest absolute Gasteiger partial charge is 0.353 e. The van der Waals surface area contributed by atoms with E-state index in [9.17, 15) is 9.59 Å². The van der Waals surface area contributed by atoms with Crippen LogP contribution in [0.5, 0.6) is 0 Å². The van der Waals surface area contributed by atoms with Gasteiger partial charge in [-0.25, -0.2) is 9.97 Å². The van der Waals surface area contributed by atoms with Gasteiger partial charge in [0.05, 0.1) is 5.52 Å². The number of amides is 2. The molecule has 148 valence electrons. The first-order chi connectivity index (χ1) is 14.2. The minimum atomic E-state index is -0.213. The average Bonchev–Trinajstić information content (AvgIpc) is 3.50. The standard InChI is InChI=1S/C21H22N6O2/c28-20(23-15-7-8-15)18-16-5-2-4-10-27(16)19(24-18)21(29)26-13-11-25(12-14-26)17-6-1-3-9-22-17/h1-6,9-10,15H,7-8,11-14H2,(H,23,28). The maximum absolute atomic E-state index is 13.2. The minimum Gasteiger partial charge on any atom is -0.353 e. The average molecular weight is 390 g/mol. The number of fused-ring (bicyclic) bond motifs is 1. The lowest BCUT2D eigenvalue weighted by atomic mass is 10.3. The first kappa shape index (κ1) is 17.7. The van der Waals surface area contributed by atoms with Gasteiger partial charge in [-0.05, 0) is 37.1 Å². The van der Waals surface area contributed by atoms with Gasteiger partial charge in [0.25, 0.3) is 11.8 Å². The Morgan fingerprint density at radius 1 is 1.00 bits per heavy atom. The maximum atomic E-state index is 13.2. The van der Waals surface area contributed by atoms with Crippen molar-refractivity contribution in [1.29, 1.82) is 0 Å². The molecule has 2 aliphatic rings. The van der Waals surface area contributed by atoms with Gasteiger partial charge in [0.15, 0.2) is 5.69 Å². The molecule has 0 spiro atoms. The third-order valence-corrected chi connectivity index (χ3v) is 5.41. The lowest BCUT2D eigenvalue weighted by Gasteiger charge is -2.35. The summed E-state index contributed by atoms with van der Waals surface area (Å²) in [7, 11) is 0. The molecular weight excluding hydrogens is 368 g/mol. The molecule has 3 aromatic rings. The van der Waals surface area contributed by atoms with Crippen molar-refractivity contribution in [2.24, 2.45) is 0 Å². The first-order valence-electron chi connectivity index (χ1n) is 9.94. The number of pyridine rings is 2. The van der Waals surface area contributed by atoms with Crippen molar-refractivity contribution >= 4 is 23.1 Å². The second-order valence-electron chi connectivity index (χ2n) is 7.45. The Kier molecular flexibility index (Phi) is 4.38. The molecule has 5 rings (SSSR count). The lowest BCUT2D eigenvalue weighted by molar-refractivity contribution is 0.0733. The maximum Gasteiger partial charge on any atom is 0.290 e. The molecule has 4 heterocycles. The van der Waals surface area contributed by atoms with Crippen molar-refractivity contribution in [2.75, 3.05) is 31.1 Å². The van der Waals surface area contributed by atoms with E-state index in [-0.39, 0.29) is 23.7 Å². The van der Waals surface area contributed by atoms with E-state index in [1.807, 2.05) is 36.4 Å². The van der Waals surface area contributed by atoms with E-state index in [0.717, 1.165) is 18.7 Å². The molecule has 0 unspecified atom stereocenters. The van der Waals surface area contributed by atoms with Gasteiger partial charge in [0.2, 0.25) is 5.82 Å². The SMILES string of the molecule is O=C(NC1CC1)c1nc(C(=O)N2CCN(c3ccccn3)CC2)n2ccccc12. The van der Waals surface area contributed by atoms with Gasteiger partial charge in [-0.2, -0.15) is 0 Å². The number of nitrogens with one attached hydrogen (secondary N) is 1. The van der Waals surface area contributed by atoms with Gasteiger partial charge < -0.3 is 15.1 Å². The number of carbonyl (C=O) groups is 2. The molecule has 29 heavy (non-hydrogen) atoms. The molecule has 1 saturated carbocycles. The molecule has 0 atom stereocenters. The predicted molar refractivity (Wildman–Crippen MR) is 108 cm³/mol. The zero-order valence-corrected chi connectivity index (χ0v) is 16.0. The molecule has 2 amide bonds. The number of hydrogen-bond acceptors (Lipinski definition) is 5. The van der Waals surface area contributed by atoms with Crippen LogP contribution in [0.1, 0.15) is 33.9 Å². The molecule has 8 nitrogen and oxygen atoms in total. The molecule has 0 aromatic carbocycles. The third-order valence-electron chi connectivity index (χ3n) is 5.41. The molecule has 1 aliphatic carbocycles. The number of nitrogens with zero attached hydrogens (tertiary/aromatic N) is 5. The fraction of sp³-hybridized carbons (Fsp3) is 0.333. The molecular formula is C21H22N6O2. The van der Waals surface area contributed by atoms with Crippen LogP contribution in [0, 0.1) is 0 Å². The fourth-order valence-corrected chi connectivity index (χ4v) is 3.66. The van der Waals surface area contributed by atoms with Crippen molar-refractivity contribution in [3.63, 3.8) is 0 Å². The molecule has 1 aliphatic heterocycles. The monoisotopic (exact) mass is 390 g/mol. The highest BCUT2D eigenvalue weighted by Crippen LogP contribution is 2.21. The predicted octanol–water partition coefficient (Wildman–Crippen LogP) is 1.58. The van der Waals surface area contributed by atoms with Crippen LogP contribution < -0.4 is 10.2 Å². The fourth-order valence-electron chi connectivity index (χ4n) is 3.66. The van der Waals surface area contributed by atoms with Crippen LogP contribution in [0.2, 0.25) is 0 Å². The van der Waals surface area contributed by atoms with Crippen molar-refractivity contribution in [2.45, 2.75) is 18.9 Å². The van der Waals surface area contributed by atoms with Gasteiger partial charge in [0.1, 0.15) is 5.82 Å². The van der Waals surface area contributed by atoms with Gasteiger partial charge >= 0.3 is 0 Å². The van der Waals surface area contributed by atoms with Crippen LogP contribution in [0.4, 0.5) is 5.82 Å². The second kappa shape index (κ2) is 7.20. The van der Waals surface area contributed by atoms with E-state index in [1.54, 1.807) is 21.7 Å². The summed E-state index contributed by atoms with van der Waals surface area (Å²) in [6, 6.07) is 11.6. The molecule has 1 saturated heterocycles. The molecule has 2 fully saturated rings. The molecule has 3 aromatic heterocycles. The van der Waals surface area contributed by atoms with Crippen LogP contribution in [0.3, 0.4) is 0 Å². The number of imidazole rings is 1. The first-order valence-corrected chi connectivity index (χ1v) is 9.94. The minimum absolute atomic E-state index is 0.155. The summed E-state index contributed by atoms with van der Waals surface area (Å²) in [6.07, 6.45) is 5.57. The van der Waals surface area contributed by atoms with Gasteiger partial charge in [-0.15, -0.1) is 0 Å². The smallest absolute Gasteiger partial charge is 0.290 e. The Labute approximate surface area is 168 Å². The summed E-state index contributed by atoms with van der Waals surface area (Å²) >= 11 is 0. The van der Waals surface area contributed by atoms with Gasteiger partial charge in [-0.1, -0.05) is 12.1 Å². The summed E-state index contributed by atoms with van der Waals surface area (Å²) in [5.74, 6) is 0.838. The highest BCUT2D eigenvalue weighted by atomic mass is 16.2. The number of aromatic nitrogens is 3. The Hall–Kier alpha value is -3.42. The van der Waals surface area contributed by atoms with Crippen molar-refractivity contribution in [3.05, 3.63) is 60.3 Å². The number of rotatable bonds is 4. The summed E-state index contributed by atoms with van der Waals surface area (Å²) in [6.45, 7) is 2.59. The Morgan fingerprint density at radius 3 is 2.52 bits per heavy atom. The van der Waals surface area contributed by atoms with E-state index < -0.39 is 0 Å². The Balaban J connectivity index is 1.37. The van der Waals surface area contributed by atoms with Gasteiger partial charge in [-0.3, -0.25) is 14.0 Å². The second-order valence-corrected chi connectivity index (χ2v) is 7.45. The quantitative estimate of drug-likeness (QED) is 0.731. The van der Waals surface area contributed by atoms with Crippen molar-refractivity contribution in [1.82, 2.24) is 24.6 Å². The molecule has 1 N–H and O–H groups in total. The third kappa shape index (κ3) is 3.41. The van der Waals surface area contributed by atoms with E-state index in [2.05, 4.69) is 20.2 Å².